The Morgan fingerprint density at radius 3 is 1.61 bits per heavy atom. The molecule has 0 aliphatic rings. The minimum atomic E-state index is -0.854. The van der Waals surface area contributed by atoms with E-state index >= 15 is 0 Å². The summed E-state index contributed by atoms with van der Waals surface area (Å²) in [5.74, 6) is -0.0776. The van der Waals surface area contributed by atoms with Gasteiger partial charge in [-0.15, -0.1) is 0 Å². The second-order valence-corrected chi connectivity index (χ2v) is 10.5. The number of carbonyl (C=O) groups is 1. The molecule has 0 aliphatic heterocycles. The Balaban J connectivity index is 3.73. The lowest BCUT2D eigenvalue weighted by Gasteiger charge is -2.19. The van der Waals surface area contributed by atoms with Crippen LogP contribution in [0.4, 0.5) is 0 Å². The number of aliphatic hydroxyl groups is 2. The molecule has 2 unspecified atom stereocenters. The van der Waals surface area contributed by atoms with Gasteiger partial charge in [0, 0.05) is 6.42 Å². The van der Waals surface area contributed by atoms with E-state index in [9.17, 15) is 15.0 Å². The van der Waals surface area contributed by atoms with Crippen LogP contribution in [0.15, 0.2) is 24.3 Å². The highest BCUT2D eigenvalue weighted by atomic mass is 16.3. The highest BCUT2D eigenvalue weighted by Gasteiger charge is 2.17. The smallest absolute Gasteiger partial charge is 0.220 e. The fourth-order valence-corrected chi connectivity index (χ4v) is 4.48. The maximum Gasteiger partial charge on any atom is 0.220 e. The van der Waals surface area contributed by atoms with Gasteiger partial charge in [0.1, 0.15) is 0 Å². The number of nitrogens with one attached hydrogen (secondary N) is 1. The molecule has 0 bridgehead atoms. The molecule has 0 aromatic carbocycles. The molecular formula is C32H61NO3. The number of unbranched alkanes of at least 4 members (excludes halogenated alkanes) is 18. The summed E-state index contributed by atoms with van der Waals surface area (Å²) in [7, 11) is 0. The van der Waals surface area contributed by atoms with Gasteiger partial charge in [-0.05, 0) is 32.1 Å². The molecular weight excluding hydrogens is 446 g/mol. The molecule has 212 valence electrons. The topological polar surface area (TPSA) is 69.6 Å². The predicted octanol–water partition coefficient (Wildman–Crippen LogP) is 8.56. The first kappa shape index (κ1) is 34.9. The van der Waals surface area contributed by atoms with Crippen LogP contribution in [-0.4, -0.2) is 34.9 Å². The van der Waals surface area contributed by atoms with E-state index in [2.05, 4.69) is 31.3 Å². The molecule has 0 saturated heterocycles. The van der Waals surface area contributed by atoms with Crippen LogP contribution in [0.3, 0.4) is 0 Å². The van der Waals surface area contributed by atoms with Gasteiger partial charge in [-0.3, -0.25) is 4.79 Å². The lowest BCUT2D eigenvalue weighted by Crippen LogP contribution is -2.45. The summed E-state index contributed by atoms with van der Waals surface area (Å²) >= 11 is 0. The number of amides is 1. The number of hydrogen-bond donors (Lipinski definition) is 3. The fourth-order valence-electron chi connectivity index (χ4n) is 4.48. The summed E-state index contributed by atoms with van der Waals surface area (Å²) in [6, 6.07) is -0.630. The van der Waals surface area contributed by atoms with Crippen LogP contribution in [0.1, 0.15) is 155 Å². The van der Waals surface area contributed by atoms with Crippen LogP contribution in [0.25, 0.3) is 0 Å². The highest BCUT2D eigenvalue weighted by Crippen LogP contribution is 2.13. The Hall–Kier alpha value is -1.13. The van der Waals surface area contributed by atoms with Gasteiger partial charge in [-0.1, -0.05) is 141 Å². The van der Waals surface area contributed by atoms with Crippen molar-refractivity contribution in [1.29, 1.82) is 0 Å². The van der Waals surface area contributed by atoms with Crippen molar-refractivity contribution in [3.8, 4) is 0 Å². The van der Waals surface area contributed by atoms with E-state index in [0.717, 1.165) is 32.1 Å². The van der Waals surface area contributed by atoms with E-state index in [-0.39, 0.29) is 12.5 Å². The summed E-state index contributed by atoms with van der Waals surface area (Å²) < 4.78 is 0. The van der Waals surface area contributed by atoms with Gasteiger partial charge in [0.15, 0.2) is 0 Å². The van der Waals surface area contributed by atoms with Gasteiger partial charge >= 0.3 is 0 Å². The molecule has 0 aliphatic carbocycles. The number of aliphatic hydroxyl groups excluding tert-OH is 2. The van der Waals surface area contributed by atoms with E-state index in [1.165, 1.54) is 103 Å². The predicted molar refractivity (Wildman–Crippen MR) is 156 cm³/mol. The minimum Gasteiger partial charge on any atom is -0.394 e. The van der Waals surface area contributed by atoms with Gasteiger partial charge in [0.05, 0.1) is 18.8 Å². The molecule has 0 heterocycles. The van der Waals surface area contributed by atoms with Crippen molar-refractivity contribution in [1.82, 2.24) is 5.32 Å². The molecule has 1 amide bonds. The Labute approximate surface area is 224 Å². The first-order valence-corrected chi connectivity index (χ1v) is 15.6. The maximum absolute atomic E-state index is 12.2. The normalized spacial score (nSPS) is 13.6. The van der Waals surface area contributed by atoms with E-state index in [4.69, 9.17) is 0 Å². The average molecular weight is 508 g/mol. The molecule has 4 nitrogen and oxygen atoms in total. The third-order valence-corrected chi connectivity index (χ3v) is 6.94. The van der Waals surface area contributed by atoms with Crippen molar-refractivity contribution in [3.63, 3.8) is 0 Å². The molecule has 0 radical (unpaired) electrons. The Kier molecular flexibility index (Phi) is 27.5. The second kappa shape index (κ2) is 28.4. The summed E-state index contributed by atoms with van der Waals surface area (Å²) in [6.45, 7) is 4.25. The summed E-state index contributed by atoms with van der Waals surface area (Å²) in [5.41, 5.74) is 0. The summed E-state index contributed by atoms with van der Waals surface area (Å²) in [6.07, 6.45) is 33.9. The average Bonchev–Trinajstić information content (AvgIpc) is 2.88. The monoisotopic (exact) mass is 507 g/mol. The van der Waals surface area contributed by atoms with Gasteiger partial charge in [-0.2, -0.15) is 0 Å². The summed E-state index contributed by atoms with van der Waals surface area (Å²) in [5, 5.41) is 22.7. The van der Waals surface area contributed by atoms with E-state index in [1.54, 1.807) is 6.08 Å². The number of hydrogen-bond acceptors (Lipinski definition) is 3. The third kappa shape index (κ3) is 24.6. The Morgan fingerprint density at radius 1 is 0.639 bits per heavy atom. The third-order valence-electron chi connectivity index (χ3n) is 6.94. The van der Waals surface area contributed by atoms with E-state index in [0.29, 0.717) is 6.42 Å². The molecule has 4 heteroatoms. The van der Waals surface area contributed by atoms with Crippen LogP contribution in [0, 0.1) is 0 Å². The van der Waals surface area contributed by atoms with Crippen molar-refractivity contribution < 1.29 is 15.0 Å². The van der Waals surface area contributed by atoms with Crippen LogP contribution in [-0.2, 0) is 4.79 Å². The van der Waals surface area contributed by atoms with Crippen molar-refractivity contribution in [2.24, 2.45) is 0 Å². The second-order valence-electron chi connectivity index (χ2n) is 10.5. The SMILES string of the molecule is CCCCCCCC/C=C/CC/C=C/C(O)C(CO)NC(=O)CCCCCCCCCCCCCC. The van der Waals surface area contributed by atoms with Crippen molar-refractivity contribution in [2.75, 3.05) is 6.61 Å². The van der Waals surface area contributed by atoms with E-state index in [1.807, 2.05) is 6.08 Å². The molecule has 2 atom stereocenters. The quantitative estimate of drug-likeness (QED) is 0.0770. The van der Waals surface area contributed by atoms with Crippen LogP contribution in [0.2, 0.25) is 0 Å². The van der Waals surface area contributed by atoms with Crippen LogP contribution >= 0.6 is 0 Å². The standard InChI is InChI=1S/C32H61NO3/c1-3-5-7-9-11-13-15-17-19-21-23-25-27-31(35)30(29-34)33-32(36)28-26-24-22-20-18-16-14-12-10-8-6-4-2/h17,19,25,27,30-31,34-35H,3-16,18,20-24,26,28-29H2,1-2H3,(H,33,36)/b19-17+,27-25+. The van der Waals surface area contributed by atoms with Gasteiger partial charge in [-0.25, -0.2) is 0 Å². The number of rotatable bonds is 27. The van der Waals surface area contributed by atoms with Crippen molar-refractivity contribution in [3.05, 3.63) is 24.3 Å². The van der Waals surface area contributed by atoms with Crippen LogP contribution < -0.4 is 5.32 Å². The Bertz CT molecular complexity index is 518. The number of allylic oxidation sites excluding steroid dienone is 3. The minimum absolute atomic E-state index is 0.0776. The van der Waals surface area contributed by atoms with Crippen molar-refractivity contribution in [2.45, 2.75) is 167 Å². The van der Waals surface area contributed by atoms with Gasteiger partial charge in [0.25, 0.3) is 0 Å². The van der Waals surface area contributed by atoms with Crippen molar-refractivity contribution >= 4 is 5.91 Å². The molecule has 0 aromatic heterocycles. The molecule has 0 fully saturated rings. The zero-order valence-corrected chi connectivity index (χ0v) is 24.0. The first-order valence-electron chi connectivity index (χ1n) is 15.6. The zero-order chi connectivity index (χ0) is 26.5. The lowest BCUT2D eigenvalue weighted by atomic mass is 10.0. The number of carbonyl (C=O) groups excluding carboxylic acids is 1. The molecule has 0 aromatic rings. The van der Waals surface area contributed by atoms with Gasteiger partial charge in [0.2, 0.25) is 5.91 Å². The molecule has 0 spiro atoms. The lowest BCUT2D eigenvalue weighted by molar-refractivity contribution is -0.123. The van der Waals surface area contributed by atoms with Gasteiger partial charge < -0.3 is 15.5 Å². The maximum atomic E-state index is 12.2. The Morgan fingerprint density at radius 2 is 1.08 bits per heavy atom. The molecule has 0 rings (SSSR count). The largest absolute Gasteiger partial charge is 0.394 e. The fraction of sp³-hybridized carbons (Fsp3) is 0.844. The molecule has 0 saturated carbocycles. The van der Waals surface area contributed by atoms with E-state index < -0.39 is 12.1 Å². The van der Waals surface area contributed by atoms with Crippen LogP contribution in [0.5, 0.6) is 0 Å². The molecule has 36 heavy (non-hydrogen) atoms. The highest BCUT2D eigenvalue weighted by molar-refractivity contribution is 5.76. The summed E-state index contributed by atoms with van der Waals surface area (Å²) in [4.78, 5) is 12.2. The first-order chi connectivity index (χ1) is 17.7. The molecule has 3 N–H and O–H groups in total. The zero-order valence-electron chi connectivity index (χ0n) is 24.0.